The molecule has 0 radical (unpaired) electrons. The molecule has 1 heterocycles. The van der Waals surface area contributed by atoms with Gasteiger partial charge >= 0.3 is 0 Å². The van der Waals surface area contributed by atoms with Crippen LogP contribution in [-0.4, -0.2) is 118 Å². The van der Waals surface area contributed by atoms with Crippen LogP contribution in [0.25, 0.3) is 11.1 Å². The Bertz CT molecular complexity index is 1370. The van der Waals surface area contributed by atoms with E-state index in [1.807, 2.05) is 37.4 Å². The average Bonchev–Trinajstić information content (AvgIpc) is 3.07. The highest BCUT2D eigenvalue weighted by Gasteiger charge is 2.31. The molecule has 0 spiro atoms. The summed E-state index contributed by atoms with van der Waals surface area (Å²) < 4.78 is 0. The molecule has 14 heteroatoms. The second kappa shape index (κ2) is 19.7. The van der Waals surface area contributed by atoms with Gasteiger partial charge in [-0.3, -0.25) is 19.2 Å². The molecule has 0 aromatic heterocycles. The third kappa shape index (κ3) is 11.6. The van der Waals surface area contributed by atoms with E-state index in [0.717, 1.165) is 16.7 Å². The zero-order valence-electron chi connectivity index (χ0n) is 28.3. The van der Waals surface area contributed by atoms with E-state index in [2.05, 4.69) is 42.5 Å². The maximum Gasteiger partial charge on any atom is 0.243 e. The normalized spacial score (nSPS) is 19.6. The summed E-state index contributed by atoms with van der Waals surface area (Å²) in [5, 5.41) is 44.4. The van der Waals surface area contributed by atoms with Gasteiger partial charge < -0.3 is 52.7 Å². The molecule has 4 amide bonds. The van der Waals surface area contributed by atoms with Crippen molar-refractivity contribution in [2.75, 3.05) is 54.4 Å². The summed E-state index contributed by atoms with van der Waals surface area (Å²) in [6.07, 6.45) is 0.243. The van der Waals surface area contributed by atoms with Crippen LogP contribution in [0.2, 0.25) is 0 Å². The first-order valence-corrected chi connectivity index (χ1v) is 16.5. The lowest BCUT2D eigenvalue weighted by Crippen LogP contribution is -2.57. The monoisotopic (exact) mass is 668 g/mol. The maximum atomic E-state index is 13.8. The fraction of sp³-hybridized carbons (Fsp3) is 0.529. The summed E-state index contributed by atoms with van der Waals surface area (Å²) >= 11 is 0. The second-order valence-electron chi connectivity index (χ2n) is 12.0. The summed E-state index contributed by atoms with van der Waals surface area (Å²) in [6.45, 7) is 1.62. The molecule has 2 aromatic rings. The molecule has 0 saturated heterocycles. The zero-order chi connectivity index (χ0) is 35.1. The number of aliphatic hydroxyl groups excluding tert-OH is 1. The fourth-order valence-corrected chi connectivity index (χ4v) is 5.65. The number of likely N-dealkylation sites (N-methyl/N-ethyl adjacent to an activating group) is 4. The van der Waals surface area contributed by atoms with E-state index in [0.29, 0.717) is 31.5 Å². The van der Waals surface area contributed by atoms with Gasteiger partial charge in [0.1, 0.15) is 17.8 Å². The fourth-order valence-electron chi connectivity index (χ4n) is 5.65. The molecule has 3 rings (SSSR count). The number of phenols is 1. The summed E-state index contributed by atoms with van der Waals surface area (Å²) in [4.78, 5) is 53.3. The number of amides is 4. The Kier molecular flexibility index (Phi) is 15.7. The van der Waals surface area contributed by atoms with E-state index in [4.69, 9.17) is 0 Å². The van der Waals surface area contributed by atoms with Crippen LogP contribution in [0.15, 0.2) is 42.5 Å². The lowest BCUT2D eigenvalue weighted by atomic mass is 9.96. The van der Waals surface area contributed by atoms with E-state index >= 15 is 0 Å². The molecule has 4 bridgehead atoms. The van der Waals surface area contributed by atoms with Gasteiger partial charge in [-0.25, -0.2) is 0 Å². The number of hydrogen-bond acceptors (Lipinski definition) is 10. The smallest absolute Gasteiger partial charge is 0.243 e. The molecule has 0 fully saturated rings. The predicted molar refractivity (Wildman–Crippen MR) is 184 cm³/mol. The van der Waals surface area contributed by atoms with Gasteiger partial charge in [0.2, 0.25) is 23.6 Å². The number of hydrogen-bond donors (Lipinski definition) is 10. The van der Waals surface area contributed by atoms with Gasteiger partial charge in [-0.1, -0.05) is 30.3 Å². The summed E-state index contributed by atoms with van der Waals surface area (Å²) in [5.74, 6) is -1.61. The number of nitrogens with one attached hydrogen (secondary N) is 8. The van der Waals surface area contributed by atoms with Crippen molar-refractivity contribution in [2.24, 2.45) is 0 Å². The predicted octanol–water partition coefficient (Wildman–Crippen LogP) is -1.49. The second-order valence-corrected chi connectivity index (χ2v) is 12.0. The topological polar surface area (TPSA) is 205 Å². The van der Waals surface area contributed by atoms with E-state index < -0.39 is 48.0 Å². The molecule has 48 heavy (non-hydrogen) atoms. The van der Waals surface area contributed by atoms with Crippen molar-refractivity contribution >= 4 is 23.6 Å². The minimum atomic E-state index is -1.15. The van der Waals surface area contributed by atoms with Gasteiger partial charge in [0, 0.05) is 45.4 Å². The van der Waals surface area contributed by atoms with Crippen molar-refractivity contribution in [2.45, 2.75) is 62.4 Å². The van der Waals surface area contributed by atoms with Crippen LogP contribution in [0.5, 0.6) is 5.75 Å². The molecule has 2 aromatic carbocycles. The SMILES string of the molecule is CNCCNC(=O)[C@H](CCCNC(=O)[C@@H]1Cc2cccc(c2)-c2ccc(O)c(c2)C[C@H](NC)C(=O)N[C@@H](C[C@@H](O)CNC)C(=O)N1)NC. The van der Waals surface area contributed by atoms with Gasteiger partial charge in [0.15, 0.2) is 0 Å². The van der Waals surface area contributed by atoms with Gasteiger partial charge in [-0.2, -0.15) is 0 Å². The maximum absolute atomic E-state index is 13.8. The largest absolute Gasteiger partial charge is 0.508 e. The molecule has 1 aliphatic heterocycles. The third-order valence-corrected chi connectivity index (χ3v) is 8.39. The first-order chi connectivity index (χ1) is 23.1. The number of rotatable bonds is 15. The highest BCUT2D eigenvalue weighted by molar-refractivity contribution is 5.93. The first-order valence-electron chi connectivity index (χ1n) is 16.5. The lowest BCUT2D eigenvalue weighted by Gasteiger charge is -2.26. The Balaban J connectivity index is 1.88. The lowest BCUT2D eigenvalue weighted by molar-refractivity contribution is -0.133. The molecular weight excluding hydrogens is 616 g/mol. The molecule has 14 nitrogen and oxygen atoms in total. The van der Waals surface area contributed by atoms with Crippen LogP contribution >= 0.6 is 0 Å². The van der Waals surface area contributed by atoms with Crippen LogP contribution in [0.3, 0.4) is 0 Å². The average molecular weight is 669 g/mol. The number of aliphatic hydroxyl groups is 1. The van der Waals surface area contributed by atoms with Crippen LogP contribution < -0.4 is 42.5 Å². The molecule has 0 aliphatic carbocycles. The highest BCUT2D eigenvalue weighted by Crippen LogP contribution is 2.28. The molecular formula is C34H52N8O6. The molecule has 10 N–H and O–H groups in total. The summed E-state index contributed by atoms with van der Waals surface area (Å²) in [7, 11) is 6.80. The van der Waals surface area contributed by atoms with E-state index in [1.165, 1.54) is 0 Å². The molecule has 1 aliphatic rings. The van der Waals surface area contributed by atoms with Crippen molar-refractivity contribution in [1.82, 2.24) is 42.5 Å². The molecule has 5 atom stereocenters. The quantitative estimate of drug-likeness (QED) is 0.0996. The Morgan fingerprint density at radius 2 is 1.67 bits per heavy atom. The van der Waals surface area contributed by atoms with Gasteiger partial charge in [0.25, 0.3) is 0 Å². The van der Waals surface area contributed by atoms with Gasteiger partial charge in [0.05, 0.1) is 18.2 Å². The Hall–Kier alpha value is -4.08. The summed E-state index contributed by atoms with van der Waals surface area (Å²) in [6, 6.07) is 9.40. The number of carbonyl (C=O) groups is 4. The van der Waals surface area contributed by atoms with Gasteiger partial charge in [-0.15, -0.1) is 0 Å². The Morgan fingerprint density at radius 3 is 2.38 bits per heavy atom. The van der Waals surface area contributed by atoms with Crippen molar-refractivity contribution < 1.29 is 29.4 Å². The van der Waals surface area contributed by atoms with Gasteiger partial charge in [-0.05, 0) is 75.4 Å². The standard InChI is InChI=1S/C34H52N8O6/c1-35-13-14-40-31(45)26(37-3)9-6-12-39-32(46)28-16-21-7-5-8-22(15-21)23-10-11-30(44)24(17-23)18-27(38-4)33(47)42-29(34(48)41-28)19-25(43)20-36-2/h5,7-8,10-11,15,17,25-29,35-38,43-44H,6,9,12-14,16,18-20H2,1-4H3,(H,39,46)(H,40,45)(H,41,48)(H,42,47)/t25-,26+,27+,28+,29+/m1/s1. The minimum absolute atomic E-state index is 0.0400. The number of benzene rings is 2. The Morgan fingerprint density at radius 1 is 0.896 bits per heavy atom. The number of phenolic OH excluding ortho intramolecular Hbond substituents is 1. The van der Waals surface area contributed by atoms with Crippen LogP contribution in [0.1, 0.15) is 30.4 Å². The molecule has 264 valence electrons. The van der Waals surface area contributed by atoms with E-state index in [-0.39, 0.29) is 44.0 Å². The van der Waals surface area contributed by atoms with Crippen LogP contribution in [0.4, 0.5) is 0 Å². The number of aromatic hydroxyl groups is 1. The highest BCUT2D eigenvalue weighted by atomic mass is 16.3. The molecule has 0 saturated carbocycles. The van der Waals surface area contributed by atoms with Crippen molar-refractivity contribution in [3.05, 3.63) is 53.6 Å². The number of carbonyl (C=O) groups excluding carboxylic acids is 4. The minimum Gasteiger partial charge on any atom is -0.508 e. The van der Waals surface area contributed by atoms with E-state index in [1.54, 1.807) is 33.3 Å². The van der Waals surface area contributed by atoms with Crippen LogP contribution in [0, 0.1) is 0 Å². The van der Waals surface area contributed by atoms with Crippen LogP contribution in [-0.2, 0) is 32.0 Å². The Labute approximate surface area is 282 Å². The number of fused-ring (bicyclic) bond motifs is 5. The zero-order valence-corrected chi connectivity index (χ0v) is 28.3. The van der Waals surface area contributed by atoms with E-state index in [9.17, 15) is 29.4 Å². The third-order valence-electron chi connectivity index (χ3n) is 8.39. The molecule has 0 unspecified atom stereocenters. The van der Waals surface area contributed by atoms with Crippen molar-refractivity contribution in [1.29, 1.82) is 0 Å². The van der Waals surface area contributed by atoms with Crippen molar-refractivity contribution in [3.63, 3.8) is 0 Å². The first kappa shape index (κ1) is 38.4. The summed E-state index contributed by atoms with van der Waals surface area (Å²) in [5.41, 5.74) is 3.00. The van der Waals surface area contributed by atoms with Crippen molar-refractivity contribution in [3.8, 4) is 16.9 Å².